The normalized spacial score (nSPS) is 9.53. The molecule has 6 heteroatoms. The molecule has 0 aromatic heterocycles. The third-order valence-electron chi connectivity index (χ3n) is 2.35. The number of hydrogen-bond donors (Lipinski definition) is 0. The molecule has 0 bridgehead atoms. The maximum atomic E-state index is 12.2. The summed E-state index contributed by atoms with van der Waals surface area (Å²) in [6.45, 7) is -0.105. The molecule has 0 saturated carbocycles. The predicted octanol–water partition coefficient (Wildman–Crippen LogP) is 1.55. The largest absolute Gasteiger partial charge is 0.468 e. The molecule has 19 heavy (non-hydrogen) atoms. The Bertz CT molecular complexity index is 511. The number of carbonyl (C=O) groups excluding carboxylic acids is 2. The van der Waals surface area contributed by atoms with Gasteiger partial charge in [-0.1, -0.05) is 12.1 Å². The number of nitriles is 1. The molecule has 0 aliphatic heterocycles. The topological polar surface area (TPSA) is 70.4 Å². The molecule has 0 heterocycles. The molecule has 0 aliphatic rings. The van der Waals surface area contributed by atoms with Crippen LogP contribution in [-0.4, -0.2) is 43.2 Å². The van der Waals surface area contributed by atoms with Crippen molar-refractivity contribution in [2.75, 3.05) is 26.5 Å². The van der Waals surface area contributed by atoms with Crippen molar-refractivity contribution in [1.29, 1.82) is 5.26 Å². The number of nitrogens with zero attached hydrogens (tertiary/aromatic N) is 2. The summed E-state index contributed by atoms with van der Waals surface area (Å²) in [4.78, 5) is 25.4. The van der Waals surface area contributed by atoms with Gasteiger partial charge in [0.25, 0.3) is 5.91 Å². The van der Waals surface area contributed by atoms with Crippen molar-refractivity contribution in [1.82, 2.24) is 4.90 Å². The first-order chi connectivity index (χ1) is 9.10. The van der Waals surface area contributed by atoms with E-state index in [0.717, 1.165) is 4.90 Å². The number of likely N-dealkylation sites (N-methyl/N-ethyl adjacent to an activating group) is 1. The van der Waals surface area contributed by atoms with Gasteiger partial charge in [-0.05, 0) is 12.1 Å². The van der Waals surface area contributed by atoms with E-state index in [1.165, 1.54) is 30.8 Å². The van der Waals surface area contributed by atoms with Crippen LogP contribution in [0, 0.1) is 11.3 Å². The van der Waals surface area contributed by atoms with Gasteiger partial charge in [0.05, 0.1) is 24.5 Å². The minimum absolute atomic E-state index is 0.105. The van der Waals surface area contributed by atoms with Crippen LogP contribution in [-0.2, 0) is 9.53 Å². The summed E-state index contributed by atoms with van der Waals surface area (Å²) < 4.78 is 4.52. The molecular weight excluding hydrogens is 264 g/mol. The van der Waals surface area contributed by atoms with Gasteiger partial charge in [-0.3, -0.25) is 9.59 Å². The number of carbonyl (C=O) groups is 2. The molecule has 1 aromatic carbocycles. The smallest absolute Gasteiger partial charge is 0.325 e. The van der Waals surface area contributed by atoms with Crippen molar-refractivity contribution in [3.8, 4) is 6.07 Å². The minimum atomic E-state index is -0.474. The minimum Gasteiger partial charge on any atom is -0.468 e. The average molecular weight is 278 g/mol. The second-order valence-electron chi connectivity index (χ2n) is 3.68. The first-order valence-electron chi connectivity index (χ1n) is 5.51. The fourth-order valence-electron chi connectivity index (χ4n) is 1.41. The van der Waals surface area contributed by atoms with Crippen LogP contribution in [0.5, 0.6) is 0 Å². The Morgan fingerprint density at radius 3 is 2.74 bits per heavy atom. The number of rotatable bonds is 5. The van der Waals surface area contributed by atoms with Gasteiger partial charge < -0.3 is 9.64 Å². The maximum Gasteiger partial charge on any atom is 0.325 e. The number of ether oxygens (including phenoxy) is 1. The van der Waals surface area contributed by atoms with Gasteiger partial charge in [-0.2, -0.15) is 5.26 Å². The zero-order chi connectivity index (χ0) is 14.3. The number of esters is 1. The maximum absolute atomic E-state index is 12.2. The second kappa shape index (κ2) is 7.44. The first-order valence-corrected chi connectivity index (χ1v) is 6.49. The van der Waals surface area contributed by atoms with Gasteiger partial charge in [0, 0.05) is 11.9 Å². The zero-order valence-electron chi connectivity index (χ0n) is 10.8. The van der Waals surface area contributed by atoms with Crippen molar-refractivity contribution in [2.45, 2.75) is 4.90 Å². The molecule has 0 unspecified atom stereocenters. The lowest BCUT2D eigenvalue weighted by molar-refractivity contribution is -0.141. The molecule has 0 radical (unpaired) electrons. The van der Waals surface area contributed by atoms with Gasteiger partial charge >= 0.3 is 5.97 Å². The molecule has 1 aromatic rings. The number of benzene rings is 1. The molecule has 0 spiro atoms. The lowest BCUT2D eigenvalue weighted by Crippen LogP contribution is -2.32. The van der Waals surface area contributed by atoms with E-state index in [1.54, 1.807) is 24.3 Å². The van der Waals surface area contributed by atoms with Crippen molar-refractivity contribution >= 4 is 23.6 Å². The summed E-state index contributed by atoms with van der Waals surface area (Å²) in [5.74, 6) is -0.477. The molecule has 1 amide bonds. The number of methoxy groups -OCH3 is 1. The van der Waals surface area contributed by atoms with Crippen LogP contribution in [0.3, 0.4) is 0 Å². The van der Waals surface area contributed by atoms with E-state index in [0.29, 0.717) is 5.56 Å². The number of hydrogen-bond acceptors (Lipinski definition) is 5. The van der Waals surface area contributed by atoms with Crippen LogP contribution in [0.15, 0.2) is 29.2 Å². The molecule has 0 saturated heterocycles. The first kappa shape index (κ1) is 15.1. The monoisotopic (exact) mass is 278 g/mol. The number of amides is 1. The highest BCUT2D eigenvalue weighted by atomic mass is 32.2. The Kier molecular flexibility index (Phi) is 5.90. The standard InChI is InChI=1S/C13H14N2O3S/c1-15(9-12(16)18-2)13(17)10-5-3-4-6-11(10)19-8-7-14/h3-6H,8-9H2,1-2H3. The Labute approximate surface area is 116 Å². The zero-order valence-corrected chi connectivity index (χ0v) is 11.6. The van der Waals surface area contributed by atoms with Crippen LogP contribution < -0.4 is 0 Å². The molecule has 0 aliphatic carbocycles. The quantitative estimate of drug-likeness (QED) is 0.603. The number of thioether (sulfide) groups is 1. The Morgan fingerprint density at radius 2 is 2.11 bits per heavy atom. The van der Waals surface area contributed by atoms with Gasteiger partial charge in [0.2, 0.25) is 0 Å². The fraction of sp³-hybridized carbons (Fsp3) is 0.308. The summed E-state index contributed by atoms with van der Waals surface area (Å²) >= 11 is 1.29. The third kappa shape index (κ3) is 4.30. The van der Waals surface area contributed by atoms with Crippen LogP contribution >= 0.6 is 11.8 Å². The Hall–Kier alpha value is -2.00. The van der Waals surface area contributed by atoms with E-state index in [2.05, 4.69) is 4.74 Å². The molecule has 0 N–H and O–H groups in total. The SMILES string of the molecule is COC(=O)CN(C)C(=O)c1ccccc1SCC#N. The highest BCUT2D eigenvalue weighted by Crippen LogP contribution is 2.23. The van der Waals surface area contributed by atoms with E-state index in [4.69, 9.17) is 5.26 Å². The van der Waals surface area contributed by atoms with Crippen LogP contribution in [0.2, 0.25) is 0 Å². The summed E-state index contributed by atoms with van der Waals surface area (Å²) in [7, 11) is 2.81. The Balaban J connectivity index is 2.87. The highest BCUT2D eigenvalue weighted by Gasteiger charge is 2.18. The lowest BCUT2D eigenvalue weighted by atomic mass is 10.2. The van der Waals surface area contributed by atoms with E-state index >= 15 is 0 Å². The lowest BCUT2D eigenvalue weighted by Gasteiger charge is -2.17. The third-order valence-corrected chi connectivity index (χ3v) is 3.29. The van der Waals surface area contributed by atoms with E-state index in [9.17, 15) is 9.59 Å². The Morgan fingerprint density at radius 1 is 1.42 bits per heavy atom. The van der Waals surface area contributed by atoms with E-state index in [-0.39, 0.29) is 18.2 Å². The average Bonchev–Trinajstić information content (AvgIpc) is 2.44. The highest BCUT2D eigenvalue weighted by molar-refractivity contribution is 7.99. The van der Waals surface area contributed by atoms with Gasteiger partial charge in [-0.25, -0.2) is 0 Å². The van der Waals surface area contributed by atoms with E-state index < -0.39 is 5.97 Å². The van der Waals surface area contributed by atoms with Gasteiger partial charge in [0.15, 0.2) is 0 Å². The summed E-state index contributed by atoms with van der Waals surface area (Å²) in [6, 6.07) is 9.02. The summed E-state index contributed by atoms with van der Waals surface area (Å²) in [6.07, 6.45) is 0. The van der Waals surface area contributed by atoms with Crippen LogP contribution in [0.25, 0.3) is 0 Å². The second-order valence-corrected chi connectivity index (χ2v) is 4.70. The molecule has 0 atom stereocenters. The molecule has 0 fully saturated rings. The molecular formula is C13H14N2O3S. The van der Waals surface area contributed by atoms with Crippen LogP contribution in [0.1, 0.15) is 10.4 Å². The summed E-state index contributed by atoms with van der Waals surface area (Å²) in [5.41, 5.74) is 0.481. The van der Waals surface area contributed by atoms with Gasteiger partial charge in [-0.15, -0.1) is 11.8 Å². The predicted molar refractivity (Wildman–Crippen MR) is 71.8 cm³/mol. The molecule has 1 rings (SSSR count). The fourth-order valence-corrected chi connectivity index (χ4v) is 2.12. The van der Waals surface area contributed by atoms with Crippen molar-refractivity contribution < 1.29 is 14.3 Å². The van der Waals surface area contributed by atoms with Gasteiger partial charge in [0.1, 0.15) is 6.54 Å². The molecule has 5 nitrogen and oxygen atoms in total. The van der Waals surface area contributed by atoms with E-state index in [1.807, 2.05) is 6.07 Å². The van der Waals surface area contributed by atoms with Crippen molar-refractivity contribution in [2.24, 2.45) is 0 Å². The van der Waals surface area contributed by atoms with Crippen molar-refractivity contribution in [3.05, 3.63) is 29.8 Å². The summed E-state index contributed by atoms with van der Waals surface area (Å²) in [5, 5.41) is 8.59. The van der Waals surface area contributed by atoms with Crippen molar-refractivity contribution in [3.63, 3.8) is 0 Å². The molecule has 100 valence electrons. The van der Waals surface area contributed by atoms with Crippen LogP contribution in [0.4, 0.5) is 0 Å².